The minimum atomic E-state index is -3.77. The number of hydrogen-bond donors (Lipinski definition) is 3. The molecule has 0 aromatic heterocycles. The molecular weight excluding hydrogens is 390 g/mol. The van der Waals surface area contributed by atoms with Gasteiger partial charge in [-0.1, -0.05) is 30.3 Å². The second kappa shape index (κ2) is 8.76. The van der Waals surface area contributed by atoms with Crippen LogP contribution in [-0.4, -0.2) is 20.4 Å². The number of para-hydroxylation sites is 3. The standard InChI is InChI=1S/C21H21N3O4S/c1-15(21(25)24-16-11-13-18(14-12-16)29(22,26)27)23-19-9-5-6-10-20(19)28-17-7-3-2-4-8-17/h2-15,23H,1H3,(H,24,25)(H2,22,26,27)/t15-/m1/s1. The first-order valence-electron chi connectivity index (χ1n) is 8.85. The van der Waals surface area contributed by atoms with Crippen LogP contribution in [0.4, 0.5) is 11.4 Å². The Morgan fingerprint density at radius 1 is 0.931 bits per heavy atom. The van der Waals surface area contributed by atoms with Gasteiger partial charge < -0.3 is 15.4 Å². The number of amides is 1. The van der Waals surface area contributed by atoms with Crippen molar-refractivity contribution in [3.8, 4) is 11.5 Å². The molecule has 0 spiro atoms. The largest absolute Gasteiger partial charge is 0.455 e. The van der Waals surface area contributed by atoms with Gasteiger partial charge in [-0.05, 0) is 55.5 Å². The molecule has 0 aliphatic carbocycles. The molecule has 0 fully saturated rings. The van der Waals surface area contributed by atoms with Crippen LogP contribution < -0.4 is 20.5 Å². The first-order valence-corrected chi connectivity index (χ1v) is 10.4. The minimum absolute atomic E-state index is 0.0198. The molecule has 0 unspecified atom stereocenters. The third-order valence-corrected chi connectivity index (χ3v) is 5.00. The van der Waals surface area contributed by atoms with Crippen LogP contribution in [0.1, 0.15) is 6.92 Å². The monoisotopic (exact) mass is 411 g/mol. The summed E-state index contributed by atoms with van der Waals surface area (Å²) >= 11 is 0. The summed E-state index contributed by atoms with van der Waals surface area (Å²) in [5.74, 6) is 0.993. The summed E-state index contributed by atoms with van der Waals surface area (Å²) in [6.45, 7) is 1.72. The summed E-state index contributed by atoms with van der Waals surface area (Å²) in [5, 5.41) is 10.9. The summed E-state index contributed by atoms with van der Waals surface area (Å²) in [5.41, 5.74) is 1.13. The number of hydrogen-bond acceptors (Lipinski definition) is 5. The zero-order valence-corrected chi connectivity index (χ0v) is 16.5. The van der Waals surface area contributed by atoms with Gasteiger partial charge in [0.15, 0.2) is 5.75 Å². The molecule has 0 heterocycles. The smallest absolute Gasteiger partial charge is 0.246 e. The Labute approximate surface area is 169 Å². The van der Waals surface area contributed by atoms with Gasteiger partial charge in [0, 0.05) is 5.69 Å². The van der Waals surface area contributed by atoms with Gasteiger partial charge in [0.2, 0.25) is 15.9 Å². The average molecular weight is 411 g/mol. The maximum atomic E-state index is 12.5. The van der Waals surface area contributed by atoms with E-state index in [1.54, 1.807) is 6.92 Å². The van der Waals surface area contributed by atoms with E-state index in [0.717, 1.165) is 0 Å². The number of rotatable bonds is 7. The van der Waals surface area contributed by atoms with Crippen molar-refractivity contribution >= 4 is 27.3 Å². The van der Waals surface area contributed by atoms with Crippen molar-refractivity contribution < 1.29 is 17.9 Å². The van der Waals surface area contributed by atoms with E-state index in [9.17, 15) is 13.2 Å². The number of benzene rings is 3. The molecule has 0 aliphatic heterocycles. The lowest BCUT2D eigenvalue weighted by molar-refractivity contribution is -0.116. The first-order chi connectivity index (χ1) is 13.8. The van der Waals surface area contributed by atoms with Crippen molar-refractivity contribution in [3.63, 3.8) is 0 Å². The Kier molecular flexibility index (Phi) is 6.16. The highest BCUT2D eigenvalue weighted by Gasteiger charge is 2.16. The fraction of sp³-hybridized carbons (Fsp3) is 0.0952. The Hall–Kier alpha value is -3.36. The Morgan fingerprint density at radius 3 is 2.21 bits per heavy atom. The van der Waals surface area contributed by atoms with Crippen molar-refractivity contribution in [1.29, 1.82) is 0 Å². The molecule has 150 valence electrons. The van der Waals surface area contributed by atoms with Gasteiger partial charge in [-0.25, -0.2) is 13.6 Å². The maximum Gasteiger partial charge on any atom is 0.246 e. The normalized spacial score (nSPS) is 12.1. The molecule has 0 saturated heterocycles. The molecule has 3 aromatic rings. The van der Waals surface area contributed by atoms with Crippen molar-refractivity contribution in [2.24, 2.45) is 5.14 Å². The highest BCUT2D eigenvalue weighted by molar-refractivity contribution is 7.89. The molecule has 0 aliphatic rings. The third kappa shape index (κ3) is 5.56. The summed E-state index contributed by atoms with van der Waals surface area (Å²) in [6.07, 6.45) is 0. The third-order valence-electron chi connectivity index (χ3n) is 4.07. The van der Waals surface area contributed by atoms with E-state index in [-0.39, 0.29) is 10.8 Å². The second-order valence-electron chi connectivity index (χ2n) is 6.34. The van der Waals surface area contributed by atoms with Crippen LogP contribution >= 0.6 is 0 Å². The van der Waals surface area contributed by atoms with Crippen LogP contribution in [0.3, 0.4) is 0 Å². The number of nitrogens with two attached hydrogens (primary N) is 1. The lowest BCUT2D eigenvalue weighted by atomic mass is 10.2. The van der Waals surface area contributed by atoms with Crippen molar-refractivity contribution in [2.45, 2.75) is 17.9 Å². The molecular formula is C21H21N3O4S. The topological polar surface area (TPSA) is 111 Å². The molecule has 8 heteroatoms. The van der Waals surface area contributed by atoms with E-state index < -0.39 is 16.1 Å². The molecule has 3 rings (SSSR count). The molecule has 7 nitrogen and oxygen atoms in total. The predicted molar refractivity (Wildman–Crippen MR) is 112 cm³/mol. The van der Waals surface area contributed by atoms with Gasteiger partial charge in [-0.3, -0.25) is 4.79 Å². The number of nitrogens with one attached hydrogen (secondary N) is 2. The van der Waals surface area contributed by atoms with Gasteiger partial charge in [-0.15, -0.1) is 0 Å². The van der Waals surface area contributed by atoms with E-state index in [1.165, 1.54) is 24.3 Å². The Morgan fingerprint density at radius 2 is 1.55 bits per heavy atom. The number of sulfonamides is 1. The summed E-state index contributed by atoms with van der Waals surface area (Å²) in [7, 11) is -3.77. The summed E-state index contributed by atoms with van der Waals surface area (Å²) in [6, 6.07) is 21.7. The number of ether oxygens (including phenoxy) is 1. The van der Waals surface area contributed by atoms with Crippen molar-refractivity contribution in [1.82, 2.24) is 0 Å². The van der Waals surface area contributed by atoms with Gasteiger partial charge in [-0.2, -0.15) is 0 Å². The fourth-order valence-electron chi connectivity index (χ4n) is 2.57. The molecule has 1 atom stereocenters. The van der Waals surface area contributed by atoms with Crippen molar-refractivity contribution in [2.75, 3.05) is 10.6 Å². The Balaban J connectivity index is 1.67. The predicted octanol–water partition coefficient (Wildman–Crippen LogP) is 3.57. The SMILES string of the molecule is C[C@@H](Nc1ccccc1Oc1ccccc1)C(=O)Nc1ccc(S(N)(=O)=O)cc1. The fourth-order valence-corrected chi connectivity index (χ4v) is 3.08. The van der Waals surface area contributed by atoms with E-state index in [2.05, 4.69) is 10.6 Å². The van der Waals surface area contributed by atoms with E-state index in [0.29, 0.717) is 22.9 Å². The first kappa shape index (κ1) is 20.4. The molecule has 3 aromatic carbocycles. The van der Waals surface area contributed by atoms with Gasteiger partial charge in [0.05, 0.1) is 10.6 Å². The molecule has 0 bridgehead atoms. The van der Waals surface area contributed by atoms with Crippen LogP contribution in [0.15, 0.2) is 83.8 Å². The van der Waals surface area contributed by atoms with Crippen LogP contribution in [0.2, 0.25) is 0 Å². The zero-order valence-electron chi connectivity index (χ0n) is 15.7. The Bertz CT molecular complexity index is 1080. The number of primary sulfonamides is 1. The highest BCUT2D eigenvalue weighted by Crippen LogP contribution is 2.29. The number of carbonyl (C=O) groups excluding carboxylic acids is 1. The second-order valence-corrected chi connectivity index (χ2v) is 7.90. The minimum Gasteiger partial charge on any atom is -0.455 e. The summed E-state index contributed by atoms with van der Waals surface area (Å²) in [4.78, 5) is 12.5. The van der Waals surface area contributed by atoms with Crippen molar-refractivity contribution in [3.05, 3.63) is 78.9 Å². The lowest BCUT2D eigenvalue weighted by Crippen LogP contribution is -2.32. The van der Waals surface area contributed by atoms with Crippen LogP contribution in [0, 0.1) is 0 Å². The molecule has 4 N–H and O–H groups in total. The molecule has 0 saturated carbocycles. The lowest BCUT2D eigenvalue weighted by Gasteiger charge is -2.18. The van der Waals surface area contributed by atoms with Gasteiger partial charge >= 0.3 is 0 Å². The van der Waals surface area contributed by atoms with E-state index in [4.69, 9.17) is 9.88 Å². The van der Waals surface area contributed by atoms with E-state index >= 15 is 0 Å². The molecule has 29 heavy (non-hydrogen) atoms. The summed E-state index contributed by atoms with van der Waals surface area (Å²) < 4.78 is 28.5. The average Bonchev–Trinajstić information content (AvgIpc) is 2.70. The number of anilines is 2. The van der Waals surface area contributed by atoms with E-state index in [1.807, 2.05) is 54.6 Å². The zero-order chi connectivity index (χ0) is 20.9. The van der Waals surface area contributed by atoms with Gasteiger partial charge in [0.1, 0.15) is 11.8 Å². The highest BCUT2D eigenvalue weighted by atomic mass is 32.2. The maximum absolute atomic E-state index is 12.5. The number of carbonyl (C=O) groups is 1. The quantitative estimate of drug-likeness (QED) is 0.550. The molecule has 0 radical (unpaired) electrons. The van der Waals surface area contributed by atoms with Gasteiger partial charge in [0.25, 0.3) is 0 Å². The van der Waals surface area contributed by atoms with Crippen LogP contribution in [-0.2, 0) is 14.8 Å². The van der Waals surface area contributed by atoms with Crippen LogP contribution in [0.25, 0.3) is 0 Å². The molecule has 1 amide bonds. The van der Waals surface area contributed by atoms with Crippen LogP contribution in [0.5, 0.6) is 11.5 Å².